The van der Waals surface area contributed by atoms with Gasteiger partial charge in [-0.25, -0.2) is 0 Å². The van der Waals surface area contributed by atoms with Gasteiger partial charge in [0.25, 0.3) is 0 Å². The van der Waals surface area contributed by atoms with Crippen LogP contribution in [0.2, 0.25) is 0 Å². The van der Waals surface area contributed by atoms with Crippen molar-refractivity contribution in [2.24, 2.45) is 11.1 Å². The van der Waals surface area contributed by atoms with E-state index in [1.165, 1.54) is 24.3 Å². The molecule has 0 aliphatic carbocycles. The van der Waals surface area contributed by atoms with Crippen molar-refractivity contribution in [3.63, 3.8) is 0 Å². The first-order chi connectivity index (χ1) is 6.90. The van der Waals surface area contributed by atoms with Gasteiger partial charge in [-0.2, -0.15) is 11.8 Å². The van der Waals surface area contributed by atoms with Crippen molar-refractivity contribution in [2.75, 3.05) is 31.6 Å². The quantitative estimate of drug-likeness (QED) is 0.806. The van der Waals surface area contributed by atoms with Gasteiger partial charge in [-0.15, -0.1) is 0 Å². The monoisotopic (exact) mass is 230 g/mol. The number of thioether (sulfide) groups is 1. The van der Waals surface area contributed by atoms with E-state index >= 15 is 0 Å². The summed E-state index contributed by atoms with van der Waals surface area (Å²) >= 11 is 2.07. The van der Waals surface area contributed by atoms with Crippen LogP contribution in [-0.4, -0.2) is 42.1 Å². The molecule has 1 fully saturated rings. The molecule has 0 aromatic rings. The Bertz CT molecular complexity index is 192. The Labute approximate surface area is 99.0 Å². The average molecular weight is 230 g/mol. The lowest BCUT2D eigenvalue weighted by molar-refractivity contribution is 0.0783. The Kier molecular flexibility index (Phi) is 4.50. The van der Waals surface area contributed by atoms with Crippen LogP contribution in [-0.2, 0) is 0 Å². The Morgan fingerprint density at radius 1 is 1.27 bits per heavy atom. The molecule has 0 spiro atoms. The summed E-state index contributed by atoms with van der Waals surface area (Å²) in [4.78, 5) is 2.51. The fourth-order valence-corrected chi connectivity index (χ4v) is 3.62. The van der Waals surface area contributed by atoms with Gasteiger partial charge >= 0.3 is 0 Å². The molecule has 0 atom stereocenters. The standard InChI is InChI=1S/C12H26N2S/c1-11(2,3)10-14(4)12(9-13)5-7-15-8-6-12/h5-10,13H2,1-4H3. The largest absolute Gasteiger partial charge is 0.329 e. The fraction of sp³-hybridized carbons (Fsp3) is 1.00. The lowest BCUT2D eigenvalue weighted by Gasteiger charge is -2.46. The molecule has 1 rings (SSSR count). The zero-order valence-electron chi connectivity index (χ0n) is 10.7. The molecule has 90 valence electrons. The molecule has 3 heteroatoms. The SMILES string of the molecule is CN(CC(C)(C)C)C1(CN)CCSCC1. The molecule has 1 aliphatic heterocycles. The van der Waals surface area contributed by atoms with Crippen LogP contribution < -0.4 is 5.73 Å². The summed E-state index contributed by atoms with van der Waals surface area (Å²) in [6.45, 7) is 8.83. The maximum atomic E-state index is 6.01. The number of nitrogens with zero attached hydrogens (tertiary/aromatic N) is 1. The number of nitrogens with two attached hydrogens (primary N) is 1. The van der Waals surface area contributed by atoms with E-state index in [1.54, 1.807) is 0 Å². The molecule has 0 aromatic carbocycles. The molecule has 0 aromatic heterocycles. The Balaban J connectivity index is 2.63. The van der Waals surface area contributed by atoms with Crippen LogP contribution in [0.4, 0.5) is 0 Å². The molecule has 0 radical (unpaired) electrons. The predicted molar refractivity (Wildman–Crippen MR) is 70.4 cm³/mol. The van der Waals surface area contributed by atoms with Gasteiger partial charge < -0.3 is 5.73 Å². The zero-order valence-corrected chi connectivity index (χ0v) is 11.5. The third-order valence-corrected chi connectivity index (χ3v) is 4.31. The van der Waals surface area contributed by atoms with Crippen molar-refractivity contribution in [1.29, 1.82) is 0 Å². The number of rotatable bonds is 3. The molecule has 1 aliphatic rings. The minimum Gasteiger partial charge on any atom is -0.329 e. The molecular weight excluding hydrogens is 204 g/mol. The van der Waals surface area contributed by atoms with Crippen LogP contribution in [0.1, 0.15) is 33.6 Å². The van der Waals surface area contributed by atoms with Crippen molar-refractivity contribution in [2.45, 2.75) is 39.2 Å². The van der Waals surface area contributed by atoms with Gasteiger partial charge in [0.1, 0.15) is 0 Å². The Morgan fingerprint density at radius 3 is 2.20 bits per heavy atom. The van der Waals surface area contributed by atoms with E-state index in [2.05, 4.69) is 44.5 Å². The molecule has 0 amide bonds. The van der Waals surface area contributed by atoms with Crippen LogP contribution in [0.5, 0.6) is 0 Å². The van der Waals surface area contributed by atoms with Gasteiger partial charge in [0.2, 0.25) is 0 Å². The Morgan fingerprint density at radius 2 is 1.80 bits per heavy atom. The molecular formula is C12H26N2S. The summed E-state index contributed by atoms with van der Waals surface area (Å²) in [5, 5.41) is 0. The van der Waals surface area contributed by atoms with Crippen LogP contribution in [0, 0.1) is 5.41 Å². The van der Waals surface area contributed by atoms with Crippen LogP contribution in [0.15, 0.2) is 0 Å². The highest BCUT2D eigenvalue weighted by Gasteiger charge is 2.36. The van der Waals surface area contributed by atoms with Gasteiger partial charge in [0, 0.05) is 18.6 Å². The van der Waals surface area contributed by atoms with E-state index < -0.39 is 0 Å². The summed E-state index contributed by atoms with van der Waals surface area (Å²) in [5.74, 6) is 2.54. The fourth-order valence-electron chi connectivity index (χ4n) is 2.37. The maximum absolute atomic E-state index is 6.01. The molecule has 0 unspecified atom stereocenters. The minimum absolute atomic E-state index is 0.276. The second-order valence-corrected chi connectivity index (χ2v) is 7.18. The van der Waals surface area contributed by atoms with Crippen LogP contribution in [0.3, 0.4) is 0 Å². The zero-order chi connectivity index (χ0) is 11.5. The highest BCUT2D eigenvalue weighted by Crippen LogP contribution is 2.32. The smallest absolute Gasteiger partial charge is 0.0344 e. The third kappa shape index (κ3) is 3.65. The molecule has 2 nitrogen and oxygen atoms in total. The summed E-state index contributed by atoms with van der Waals surface area (Å²) in [6.07, 6.45) is 2.50. The van der Waals surface area contributed by atoms with Crippen molar-refractivity contribution in [3.05, 3.63) is 0 Å². The summed E-state index contributed by atoms with van der Waals surface area (Å²) in [5.41, 5.74) is 6.65. The minimum atomic E-state index is 0.276. The highest BCUT2D eigenvalue weighted by molar-refractivity contribution is 7.99. The van der Waals surface area contributed by atoms with Crippen molar-refractivity contribution >= 4 is 11.8 Å². The van der Waals surface area contributed by atoms with Crippen LogP contribution in [0.25, 0.3) is 0 Å². The second kappa shape index (κ2) is 5.07. The normalized spacial score (nSPS) is 22.0. The van der Waals surface area contributed by atoms with Crippen molar-refractivity contribution in [1.82, 2.24) is 4.90 Å². The predicted octanol–water partition coefficient (Wildman–Crippen LogP) is 2.19. The van der Waals surface area contributed by atoms with Gasteiger partial charge in [0.15, 0.2) is 0 Å². The maximum Gasteiger partial charge on any atom is 0.0344 e. The highest BCUT2D eigenvalue weighted by atomic mass is 32.2. The van der Waals surface area contributed by atoms with Gasteiger partial charge in [-0.3, -0.25) is 4.90 Å². The van der Waals surface area contributed by atoms with Gasteiger partial charge in [0.05, 0.1) is 0 Å². The lowest BCUT2D eigenvalue weighted by atomic mass is 9.87. The first kappa shape index (κ1) is 13.3. The Hall–Kier alpha value is 0.270. The summed E-state index contributed by atoms with van der Waals surface area (Å²) in [6, 6.07) is 0. The van der Waals surface area contributed by atoms with Gasteiger partial charge in [-0.05, 0) is 36.8 Å². The molecule has 15 heavy (non-hydrogen) atoms. The van der Waals surface area contributed by atoms with E-state index in [4.69, 9.17) is 5.73 Å². The summed E-state index contributed by atoms with van der Waals surface area (Å²) in [7, 11) is 2.24. The number of hydrogen-bond donors (Lipinski definition) is 1. The van der Waals surface area contributed by atoms with E-state index in [9.17, 15) is 0 Å². The molecule has 1 saturated heterocycles. The van der Waals surface area contributed by atoms with E-state index in [-0.39, 0.29) is 5.54 Å². The average Bonchev–Trinajstić information content (AvgIpc) is 2.16. The van der Waals surface area contributed by atoms with Crippen molar-refractivity contribution < 1.29 is 0 Å². The topological polar surface area (TPSA) is 29.3 Å². The number of hydrogen-bond acceptors (Lipinski definition) is 3. The first-order valence-corrected chi connectivity index (χ1v) is 7.04. The lowest BCUT2D eigenvalue weighted by Crippen LogP contribution is -2.56. The molecule has 0 saturated carbocycles. The molecule has 0 bridgehead atoms. The third-order valence-electron chi connectivity index (χ3n) is 3.32. The van der Waals surface area contributed by atoms with E-state index in [0.29, 0.717) is 5.41 Å². The van der Waals surface area contributed by atoms with Crippen LogP contribution >= 0.6 is 11.8 Å². The first-order valence-electron chi connectivity index (χ1n) is 5.89. The summed E-state index contributed by atoms with van der Waals surface area (Å²) < 4.78 is 0. The van der Waals surface area contributed by atoms with Crippen molar-refractivity contribution in [3.8, 4) is 0 Å². The van der Waals surface area contributed by atoms with E-state index in [1.807, 2.05) is 0 Å². The van der Waals surface area contributed by atoms with E-state index in [0.717, 1.165) is 13.1 Å². The second-order valence-electron chi connectivity index (χ2n) is 5.96. The molecule has 2 N–H and O–H groups in total. The molecule has 1 heterocycles. The van der Waals surface area contributed by atoms with Gasteiger partial charge in [-0.1, -0.05) is 20.8 Å². The number of likely N-dealkylation sites (N-methyl/N-ethyl adjacent to an activating group) is 1.